The highest BCUT2D eigenvalue weighted by Gasteiger charge is 2.49. The fourth-order valence-electron chi connectivity index (χ4n) is 5.45. The standard InChI is InChI=1S/C28H33N3O4/c1-4-35-22-14-11-21(12-15-22)31-26(32)25-16-19-10-13-23(34-3)17-24(19)30(25)18-28(31,2)27(33)29-20-8-6-5-7-9-20/h10-17,20H,4-9,18H2,1-3H3,(H,29,33). The summed E-state index contributed by atoms with van der Waals surface area (Å²) >= 11 is 0. The molecule has 184 valence electrons. The molecule has 2 heterocycles. The molecule has 0 bridgehead atoms. The molecular formula is C28H33N3O4. The van der Waals surface area contributed by atoms with Crippen molar-refractivity contribution in [2.45, 2.75) is 64.1 Å². The minimum Gasteiger partial charge on any atom is -0.497 e. The van der Waals surface area contributed by atoms with Gasteiger partial charge in [-0.3, -0.25) is 14.5 Å². The summed E-state index contributed by atoms with van der Waals surface area (Å²) < 4.78 is 13.0. The van der Waals surface area contributed by atoms with Crippen LogP contribution in [0.5, 0.6) is 11.5 Å². The third-order valence-electron chi connectivity index (χ3n) is 7.33. The molecule has 1 aromatic heterocycles. The van der Waals surface area contributed by atoms with Crippen LogP contribution in [-0.2, 0) is 11.3 Å². The summed E-state index contributed by atoms with van der Waals surface area (Å²) in [4.78, 5) is 29.6. The zero-order valence-electron chi connectivity index (χ0n) is 20.7. The topological polar surface area (TPSA) is 72.8 Å². The Morgan fingerprint density at radius 3 is 2.46 bits per heavy atom. The lowest BCUT2D eigenvalue weighted by Gasteiger charge is -2.44. The number of fused-ring (bicyclic) bond motifs is 3. The molecule has 1 unspecified atom stereocenters. The highest BCUT2D eigenvalue weighted by Crippen LogP contribution is 2.37. The number of anilines is 1. The number of benzene rings is 2. The number of nitrogens with one attached hydrogen (secondary N) is 1. The molecule has 5 rings (SSSR count). The molecule has 0 radical (unpaired) electrons. The average Bonchev–Trinajstić information content (AvgIpc) is 3.23. The van der Waals surface area contributed by atoms with Gasteiger partial charge in [0.1, 0.15) is 22.7 Å². The molecular weight excluding hydrogens is 442 g/mol. The van der Waals surface area contributed by atoms with Crippen LogP contribution in [0.1, 0.15) is 56.4 Å². The zero-order chi connectivity index (χ0) is 24.6. The second-order valence-corrected chi connectivity index (χ2v) is 9.69. The van der Waals surface area contributed by atoms with E-state index in [0.29, 0.717) is 30.3 Å². The zero-order valence-corrected chi connectivity index (χ0v) is 20.7. The Morgan fingerprint density at radius 1 is 1.06 bits per heavy atom. The first-order chi connectivity index (χ1) is 16.9. The molecule has 0 spiro atoms. The molecule has 1 aliphatic heterocycles. The van der Waals surface area contributed by atoms with E-state index in [-0.39, 0.29) is 17.9 Å². The summed E-state index contributed by atoms with van der Waals surface area (Å²) in [5.74, 6) is 1.13. The van der Waals surface area contributed by atoms with Crippen LogP contribution < -0.4 is 19.7 Å². The molecule has 7 nitrogen and oxygen atoms in total. The van der Waals surface area contributed by atoms with Gasteiger partial charge in [-0.1, -0.05) is 19.3 Å². The second-order valence-electron chi connectivity index (χ2n) is 9.69. The summed E-state index contributed by atoms with van der Waals surface area (Å²) in [6.07, 6.45) is 5.41. The minimum atomic E-state index is -1.11. The van der Waals surface area contributed by atoms with E-state index in [1.54, 1.807) is 12.0 Å². The van der Waals surface area contributed by atoms with Crippen LogP contribution in [0.3, 0.4) is 0 Å². The van der Waals surface area contributed by atoms with E-state index >= 15 is 0 Å². The average molecular weight is 476 g/mol. The van der Waals surface area contributed by atoms with Crippen molar-refractivity contribution in [3.8, 4) is 11.5 Å². The maximum atomic E-state index is 14.0. The number of hydrogen-bond donors (Lipinski definition) is 1. The van der Waals surface area contributed by atoms with Crippen molar-refractivity contribution >= 4 is 28.4 Å². The Morgan fingerprint density at radius 2 is 1.77 bits per heavy atom. The summed E-state index contributed by atoms with van der Waals surface area (Å²) in [6.45, 7) is 4.71. The largest absolute Gasteiger partial charge is 0.497 e. The summed E-state index contributed by atoms with van der Waals surface area (Å²) in [6, 6.07) is 15.2. The van der Waals surface area contributed by atoms with Gasteiger partial charge in [-0.15, -0.1) is 0 Å². The van der Waals surface area contributed by atoms with Crippen LogP contribution in [0.15, 0.2) is 48.5 Å². The first-order valence-electron chi connectivity index (χ1n) is 12.5. The van der Waals surface area contributed by atoms with E-state index in [9.17, 15) is 9.59 Å². The third kappa shape index (κ3) is 4.13. The SMILES string of the molecule is CCOc1ccc(N2C(=O)c3cc4ccc(OC)cc4n3CC2(C)C(=O)NC2CCCCC2)cc1. The number of methoxy groups -OCH3 is 1. The van der Waals surface area contributed by atoms with Gasteiger partial charge in [-0.25, -0.2) is 0 Å². The quantitative estimate of drug-likeness (QED) is 0.550. The molecule has 1 N–H and O–H groups in total. The molecule has 1 fully saturated rings. The summed E-state index contributed by atoms with van der Waals surface area (Å²) in [5, 5.41) is 4.22. The smallest absolute Gasteiger partial charge is 0.275 e. The molecule has 0 saturated heterocycles. The molecule has 2 aromatic carbocycles. The van der Waals surface area contributed by atoms with Crippen molar-refractivity contribution in [3.05, 3.63) is 54.2 Å². The Bertz CT molecular complexity index is 1240. The highest BCUT2D eigenvalue weighted by atomic mass is 16.5. The fraction of sp³-hybridized carbons (Fsp3) is 0.429. The summed E-state index contributed by atoms with van der Waals surface area (Å²) in [5.41, 5.74) is 1.01. The fourth-order valence-corrected chi connectivity index (χ4v) is 5.45. The lowest BCUT2D eigenvalue weighted by Crippen LogP contribution is -2.65. The van der Waals surface area contributed by atoms with Crippen molar-refractivity contribution in [2.75, 3.05) is 18.6 Å². The van der Waals surface area contributed by atoms with Gasteiger partial charge in [-0.2, -0.15) is 0 Å². The van der Waals surface area contributed by atoms with Crippen LogP contribution >= 0.6 is 0 Å². The lowest BCUT2D eigenvalue weighted by molar-refractivity contribution is -0.127. The van der Waals surface area contributed by atoms with Crippen LogP contribution in [-0.4, -0.2) is 41.7 Å². The van der Waals surface area contributed by atoms with Gasteiger partial charge < -0.3 is 19.4 Å². The highest BCUT2D eigenvalue weighted by molar-refractivity contribution is 6.14. The molecule has 7 heteroatoms. The Hall–Kier alpha value is -3.48. The van der Waals surface area contributed by atoms with Crippen molar-refractivity contribution in [1.29, 1.82) is 0 Å². The van der Waals surface area contributed by atoms with E-state index in [1.807, 2.05) is 66.9 Å². The Labute approximate surface area is 206 Å². The maximum absolute atomic E-state index is 14.0. The van der Waals surface area contributed by atoms with E-state index in [4.69, 9.17) is 9.47 Å². The van der Waals surface area contributed by atoms with Crippen molar-refractivity contribution < 1.29 is 19.1 Å². The van der Waals surface area contributed by atoms with E-state index in [0.717, 1.165) is 42.3 Å². The number of hydrogen-bond acceptors (Lipinski definition) is 4. The molecule has 1 saturated carbocycles. The first kappa shape index (κ1) is 23.3. The van der Waals surface area contributed by atoms with Crippen molar-refractivity contribution in [3.63, 3.8) is 0 Å². The number of aromatic nitrogens is 1. The van der Waals surface area contributed by atoms with Crippen LogP contribution in [0, 0.1) is 0 Å². The van der Waals surface area contributed by atoms with Gasteiger partial charge in [-0.05, 0) is 69.2 Å². The molecule has 2 amide bonds. The van der Waals surface area contributed by atoms with Crippen LogP contribution in [0.25, 0.3) is 10.9 Å². The van der Waals surface area contributed by atoms with Gasteiger partial charge in [0.15, 0.2) is 0 Å². The number of nitrogens with zero attached hydrogens (tertiary/aromatic N) is 2. The molecule has 1 atom stereocenters. The number of carbonyl (C=O) groups excluding carboxylic acids is 2. The number of carbonyl (C=O) groups is 2. The molecule has 3 aromatic rings. The van der Waals surface area contributed by atoms with Gasteiger partial charge in [0, 0.05) is 23.2 Å². The lowest BCUT2D eigenvalue weighted by atomic mass is 9.91. The molecule has 35 heavy (non-hydrogen) atoms. The van der Waals surface area contributed by atoms with Crippen molar-refractivity contribution in [1.82, 2.24) is 9.88 Å². The number of rotatable bonds is 6. The minimum absolute atomic E-state index is 0.123. The van der Waals surface area contributed by atoms with Crippen LogP contribution in [0.4, 0.5) is 5.69 Å². The van der Waals surface area contributed by atoms with Crippen molar-refractivity contribution in [2.24, 2.45) is 0 Å². The van der Waals surface area contributed by atoms with Crippen LogP contribution in [0.2, 0.25) is 0 Å². The van der Waals surface area contributed by atoms with Gasteiger partial charge >= 0.3 is 0 Å². The van der Waals surface area contributed by atoms with E-state index in [2.05, 4.69) is 5.32 Å². The van der Waals surface area contributed by atoms with E-state index < -0.39 is 5.54 Å². The van der Waals surface area contributed by atoms with Gasteiger partial charge in [0.2, 0.25) is 5.91 Å². The predicted molar refractivity (Wildman–Crippen MR) is 136 cm³/mol. The first-order valence-corrected chi connectivity index (χ1v) is 12.5. The van der Waals surface area contributed by atoms with E-state index in [1.165, 1.54) is 6.42 Å². The maximum Gasteiger partial charge on any atom is 0.275 e. The van der Waals surface area contributed by atoms with Gasteiger partial charge in [0.25, 0.3) is 5.91 Å². The normalized spacial score (nSPS) is 20.5. The molecule has 2 aliphatic rings. The monoisotopic (exact) mass is 475 g/mol. The Balaban J connectivity index is 1.59. The number of amides is 2. The second kappa shape index (κ2) is 9.29. The predicted octanol–water partition coefficient (Wildman–Crippen LogP) is 4.92. The third-order valence-corrected chi connectivity index (χ3v) is 7.33. The molecule has 1 aliphatic carbocycles. The Kier molecular flexibility index (Phi) is 6.17. The summed E-state index contributed by atoms with van der Waals surface area (Å²) in [7, 11) is 1.63. The van der Waals surface area contributed by atoms with Gasteiger partial charge in [0.05, 0.1) is 25.8 Å². The number of ether oxygens (including phenoxy) is 2.